The summed E-state index contributed by atoms with van der Waals surface area (Å²) in [6, 6.07) is 6.46. The van der Waals surface area contributed by atoms with Crippen molar-refractivity contribution in [3.05, 3.63) is 33.8 Å². The van der Waals surface area contributed by atoms with Gasteiger partial charge in [-0.2, -0.15) is 0 Å². The molecule has 3 aliphatic rings. The summed E-state index contributed by atoms with van der Waals surface area (Å²) in [5, 5.41) is 5.32. The Kier molecular flexibility index (Phi) is 3.48. The quantitative estimate of drug-likeness (QED) is 0.836. The Hall–Kier alpha value is -0.240. The predicted octanol–water partition coefficient (Wildman–Crippen LogP) is 4.91. The molecule has 0 heterocycles. The Morgan fingerprint density at radius 1 is 1.00 bits per heavy atom. The summed E-state index contributed by atoms with van der Waals surface area (Å²) >= 11 is 12.5. The molecule has 0 radical (unpaired) electrons. The maximum atomic E-state index is 6.26. The van der Waals surface area contributed by atoms with E-state index in [0.717, 1.165) is 45.8 Å². The lowest BCUT2D eigenvalue weighted by molar-refractivity contribution is 0.208. The molecular formula is C17H21Cl2N. The molecule has 1 N–H and O–H groups in total. The van der Waals surface area contributed by atoms with Gasteiger partial charge in [-0.25, -0.2) is 0 Å². The van der Waals surface area contributed by atoms with Crippen molar-refractivity contribution in [3.63, 3.8) is 0 Å². The Bertz CT molecular complexity index is 495. The highest BCUT2D eigenvalue weighted by Crippen LogP contribution is 2.58. The van der Waals surface area contributed by atoms with Gasteiger partial charge in [-0.3, -0.25) is 0 Å². The second kappa shape index (κ2) is 5.19. The third kappa shape index (κ3) is 2.10. The fourth-order valence-corrected chi connectivity index (χ4v) is 5.77. The topological polar surface area (TPSA) is 12.0 Å². The summed E-state index contributed by atoms with van der Waals surface area (Å²) in [7, 11) is 0. The van der Waals surface area contributed by atoms with Crippen LogP contribution in [-0.2, 0) is 6.54 Å². The lowest BCUT2D eigenvalue weighted by Gasteiger charge is -2.32. The van der Waals surface area contributed by atoms with Gasteiger partial charge < -0.3 is 5.32 Å². The third-order valence-corrected chi connectivity index (χ3v) is 6.74. The van der Waals surface area contributed by atoms with Gasteiger partial charge in [0, 0.05) is 28.2 Å². The molecule has 0 amide bonds. The molecule has 1 aromatic carbocycles. The van der Waals surface area contributed by atoms with Crippen LogP contribution in [0.2, 0.25) is 10.0 Å². The van der Waals surface area contributed by atoms with Gasteiger partial charge in [0.25, 0.3) is 0 Å². The molecule has 4 rings (SSSR count). The molecule has 0 spiro atoms. The molecule has 0 saturated heterocycles. The minimum absolute atomic E-state index is 0.687. The molecule has 20 heavy (non-hydrogen) atoms. The normalized spacial score (nSPS) is 38.4. The van der Waals surface area contributed by atoms with Crippen LogP contribution in [0, 0.1) is 23.7 Å². The fourth-order valence-electron chi connectivity index (χ4n) is 5.24. The molecule has 0 aliphatic heterocycles. The Morgan fingerprint density at radius 3 is 2.55 bits per heavy atom. The molecule has 5 unspecified atom stereocenters. The number of rotatable bonds is 3. The van der Waals surface area contributed by atoms with Crippen LogP contribution >= 0.6 is 23.2 Å². The molecule has 2 bridgehead atoms. The monoisotopic (exact) mass is 309 g/mol. The first-order valence-electron chi connectivity index (χ1n) is 7.90. The number of fused-ring (bicyclic) bond motifs is 5. The van der Waals surface area contributed by atoms with Gasteiger partial charge >= 0.3 is 0 Å². The first kappa shape index (κ1) is 13.4. The second-order valence-electron chi connectivity index (χ2n) is 6.84. The van der Waals surface area contributed by atoms with Gasteiger partial charge in [0.05, 0.1) is 0 Å². The van der Waals surface area contributed by atoms with Crippen LogP contribution in [0.25, 0.3) is 0 Å². The number of benzene rings is 1. The van der Waals surface area contributed by atoms with E-state index in [9.17, 15) is 0 Å². The van der Waals surface area contributed by atoms with E-state index in [1.807, 2.05) is 18.2 Å². The van der Waals surface area contributed by atoms with E-state index in [-0.39, 0.29) is 0 Å². The molecule has 3 fully saturated rings. The lowest BCUT2D eigenvalue weighted by atomic mass is 9.79. The Balaban J connectivity index is 1.44. The molecule has 3 aliphatic carbocycles. The minimum atomic E-state index is 0.687. The van der Waals surface area contributed by atoms with Crippen LogP contribution in [0.1, 0.15) is 37.7 Å². The molecule has 1 nitrogen and oxygen atoms in total. The van der Waals surface area contributed by atoms with Gasteiger partial charge in [-0.15, -0.1) is 0 Å². The zero-order chi connectivity index (χ0) is 13.7. The average Bonchev–Trinajstić information content (AvgIpc) is 3.10. The predicted molar refractivity (Wildman–Crippen MR) is 84.1 cm³/mol. The fraction of sp³-hybridized carbons (Fsp3) is 0.647. The SMILES string of the molecule is Clc1cccc(Cl)c1CNC1CC2CC1C1CCCC21. The highest BCUT2D eigenvalue weighted by Gasteiger charge is 2.53. The van der Waals surface area contributed by atoms with Crippen molar-refractivity contribution in [2.45, 2.75) is 44.7 Å². The van der Waals surface area contributed by atoms with E-state index in [2.05, 4.69) is 5.32 Å². The van der Waals surface area contributed by atoms with Crippen LogP contribution in [-0.4, -0.2) is 6.04 Å². The van der Waals surface area contributed by atoms with E-state index < -0.39 is 0 Å². The third-order valence-electron chi connectivity index (χ3n) is 6.03. The van der Waals surface area contributed by atoms with Crippen molar-refractivity contribution < 1.29 is 0 Å². The molecule has 1 aromatic rings. The highest BCUT2D eigenvalue weighted by molar-refractivity contribution is 6.35. The molecule has 3 saturated carbocycles. The number of halogens is 2. The van der Waals surface area contributed by atoms with Crippen molar-refractivity contribution in [2.24, 2.45) is 23.7 Å². The van der Waals surface area contributed by atoms with Crippen LogP contribution in [0.5, 0.6) is 0 Å². The van der Waals surface area contributed by atoms with Crippen molar-refractivity contribution in [2.75, 3.05) is 0 Å². The summed E-state index contributed by atoms with van der Waals surface area (Å²) in [6.07, 6.45) is 7.26. The maximum Gasteiger partial charge on any atom is 0.0465 e. The largest absolute Gasteiger partial charge is 0.310 e. The van der Waals surface area contributed by atoms with Gasteiger partial charge in [-0.1, -0.05) is 35.7 Å². The minimum Gasteiger partial charge on any atom is -0.310 e. The van der Waals surface area contributed by atoms with Crippen LogP contribution in [0.4, 0.5) is 0 Å². The summed E-state index contributed by atoms with van der Waals surface area (Å²) in [5.74, 6) is 3.97. The molecule has 3 heteroatoms. The lowest BCUT2D eigenvalue weighted by Crippen LogP contribution is -2.39. The summed E-state index contributed by atoms with van der Waals surface area (Å²) in [4.78, 5) is 0. The average molecular weight is 310 g/mol. The second-order valence-corrected chi connectivity index (χ2v) is 7.66. The zero-order valence-corrected chi connectivity index (χ0v) is 13.1. The Morgan fingerprint density at radius 2 is 1.75 bits per heavy atom. The summed E-state index contributed by atoms with van der Waals surface area (Å²) in [5.41, 5.74) is 1.06. The first-order valence-corrected chi connectivity index (χ1v) is 8.66. The zero-order valence-electron chi connectivity index (χ0n) is 11.6. The Labute approximate surface area is 131 Å². The van der Waals surface area contributed by atoms with Gasteiger partial charge in [0.1, 0.15) is 0 Å². The number of hydrogen-bond donors (Lipinski definition) is 1. The van der Waals surface area contributed by atoms with Gasteiger partial charge in [0.15, 0.2) is 0 Å². The number of nitrogens with one attached hydrogen (secondary N) is 1. The standard InChI is InChI=1S/C17H21Cl2N/c18-15-5-2-6-16(19)14(15)9-20-17-8-10-7-13(17)12-4-1-3-11(10)12/h2,5-6,10-13,17,20H,1,3-4,7-9H2. The molecular weight excluding hydrogens is 289 g/mol. The smallest absolute Gasteiger partial charge is 0.0465 e. The summed E-state index contributed by atoms with van der Waals surface area (Å²) < 4.78 is 0. The van der Waals surface area contributed by atoms with E-state index in [0.29, 0.717) is 6.04 Å². The van der Waals surface area contributed by atoms with E-state index in [4.69, 9.17) is 23.2 Å². The van der Waals surface area contributed by atoms with Crippen molar-refractivity contribution in [1.82, 2.24) is 5.32 Å². The van der Waals surface area contributed by atoms with Crippen LogP contribution < -0.4 is 5.32 Å². The highest BCUT2D eigenvalue weighted by atomic mass is 35.5. The van der Waals surface area contributed by atoms with Crippen molar-refractivity contribution >= 4 is 23.2 Å². The van der Waals surface area contributed by atoms with Gasteiger partial charge in [0.2, 0.25) is 0 Å². The first-order chi connectivity index (χ1) is 9.74. The molecule has 108 valence electrons. The number of hydrogen-bond acceptors (Lipinski definition) is 1. The van der Waals surface area contributed by atoms with Crippen LogP contribution in [0.15, 0.2) is 18.2 Å². The summed E-state index contributed by atoms with van der Waals surface area (Å²) in [6.45, 7) is 0.809. The van der Waals surface area contributed by atoms with Crippen molar-refractivity contribution in [3.8, 4) is 0 Å². The van der Waals surface area contributed by atoms with E-state index in [1.165, 1.54) is 32.1 Å². The molecule has 0 aromatic heterocycles. The van der Waals surface area contributed by atoms with Gasteiger partial charge in [-0.05, 0) is 61.5 Å². The molecule has 5 atom stereocenters. The van der Waals surface area contributed by atoms with Crippen molar-refractivity contribution in [1.29, 1.82) is 0 Å². The van der Waals surface area contributed by atoms with Crippen LogP contribution in [0.3, 0.4) is 0 Å². The van der Waals surface area contributed by atoms with E-state index in [1.54, 1.807) is 0 Å². The maximum absolute atomic E-state index is 6.26. The van der Waals surface area contributed by atoms with E-state index >= 15 is 0 Å².